The Balaban J connectivity index is 0.00000280. The lowest BCUT2D eigenvalue weighted by Gasteiger charge is -2.37. The number of nitrogens with zero attached hydrogens (tertiary/aromatic N) is 5. The highest BCUT2D eigenvalue weighted by Crippen LogP contribution is 2.20. The second kappa shape index (κ2) is 10.6. The molecular formula is C19H28FIN6O. The number of hydrogen-bond acceptors (Lipinski definition) is 5. The predicted octanol–water partition coefficient (Wildman–Crippen LogP) is 2.89. The molecule has 0 saturated carbocycles. The molecule has 1 fully saturated rings. The van der Waals surface area contributed by atoms with Crippen LogP contribution in [-0.4, -0.2) is 60.8 Å². The highest BCUT2D eigenvalue weighted by atomic mass is 127. The maximum absolute atomic E-state index is 14.0. The Morgan fingerprint density at radius 3 is 2.57 bits per heavy atom. The average molecular weight is 502 g/mol. The van der Waals surface area contributed by atoms with E-state index in [1.165, 1.54) is 6.07 Å². The van der Waals surface area contributed by atoms with E-state index in [2.05, 4.69) is 30.2 Å². The van der Waals surface area contributed by atoms with Crippen LogP contribution in [0.4, 0.5) is 10.1 Å². The van der Waals surface area contributed by atoms with Crippen LogP contribution in [0.5, 0.6) is 0 Å². The predicted molar refractivity (Wildman–Crippen MR) is 119 cm³/mol. The highest BCUT2D eigenvalue weighted by molar-refractivity contribution is 14.0. The molecule has 0 atom stereocenters. The van der Waals surface area contributed by atoms with Crippen molar-refractivity contribution in [3.05, 3.63) is 41.8 Å². The number of nitrogens with one attached hydrogen (secondary N) is 1. The van der Waals surface area contributed by atoms with Gasteiger partial charge in [-0.2, -0.15) is 4.98 Å². The van der Waals surface area contributed by atoms with Crippen LogP contribution < -0.4 is 10.2 Å². The SMILES string of the molecule is CN=C(NCCc1nc(C(C)C)no1)N1CCN(c2ccccc2F)CC1.I. The van der Waals surface area contributed by atoms with Crippen molar-refractivity contribution in [2.24, 2.45) is 4.99 Å². The lowest BCUT2D eigenvalue weighted by molar-refractivity contribution is 0.361. The third-order valence-electron chi connectivity index (χ3n) is 4.61. The van der Waals surface area contributed by atoms with E-state index in [9.17, 15) is 4.39 Å². The van der Waals surface area contributed by atoms with Gasteiger partial charge in [-0.1, -0.05) is 31.1 Å². The topological polar surface area (TPSA) is 69.8 Å². The maximum atomic E-state index is 14.0. The van der Waals surface area contributed by atoms with Gasteiger partial charge in [-0.15, -0.1) is 24.0 Å². The smallest absolute Gasteiger partial charge is 0.228 e. The molecule has 1 saturated heterocycles. The van der Waals surface area contributed by atoms with E-state index in [0.717, 1.165) is 38.0 Å². The molecule has 3 rings (SSSR count). The Hall–Kier alpha value is -1.91. The number of aromatic nitrogens is 2. The van der Waals surface area contributed by atoms with Gasteiger partial charge in [0.15, 0.2) is 11.8 Å². The summed E-state index contributed by atoms with van der Waals surface area (Å²) in [5.41, 5.74) is 0.664. The van der Waals surface area contributed by atoms with Gasteiger partial charge in [0.25, 0.3) is 0 Å². The van der Waals surface area contributed by atoms with Gasteiger partial charge in [0, 0.05) is 52.1 Å². The molecule has 2 aromatic rings. The van der Waals surface area contributed by atoms with Crippen LogP contribution in [0.3, 0.4) is 0 Å². The van der Waals surface area contributed by atoms with E-state index < -0.39 is 0 Å². The monoisotopic (exact) mass is 502 g/mol. The van der Waals surface area contributed by atoms with E-state index in [1.54, 1.807) is 13.1 Å². The molecule has 1 N–H and O–H groups in total. The number of guanidine groups is 1. The van der Waals surface area contributed by atoms with Crippen molar-refractivity contribution in [3.63, 3.8) is 0 Å². The van der Waals surface area contributed by atoms with Crippen molar-refractivity contribution in [1.29, 1.82) is 0 Å². The molecule has 2 heterocycles. The van der Waals surface area contributed by atoms with Crippen molar-refractivity contribution in [2.45, 2.75) is 26.2 Å². The van der Waals surface area contributed by atoms with Gasteiger partial charge in [0.05, 0.1) is 5.69 Å². The average Bonchev–Trinajstić information content (AvgIpc) is 3.15. The van der Waals surface area contributed by atoms with Gasteiger partial charge < -0.3 is 19.6 Å². The summed E-state index contributed by atoms with van der Waals surface area (Å²) in [5.74, 6) is 2.29. The summed E-state index contributed by atoms with van der Waals surface area (Å²) in [7, 11) is 1.77. The highest BCUT2D eigenvalue weighted by Gasteiger charge is 2.21. The summed E-state index contributed by atoms with van der Waals surface area (Å²) >= 11 is 0. The lowest BCUT2D eigenvalue weighted by atomic mass is 10.2. The first-order valence-corrected chi connectivity index (χ1v) is 9.36. The van der Waals surface area contributed by atoms with E-state index in [0.29, 0.717) is 24.5 Å². The zero-order valence-electron chi connectivity index (χ0n) is 16.6. The van der Waals surface area contributed by atoms with Gasteiger partial charge in [0.1, 0.15) is 5.82 Å². The molecule has 0 unspecified atom stereocenters. The lowest BCUT2D eigenvalue weighted by Crippen LogP contribution is -2.53. The quantitative estimate of drug-likeness (QED) is 0.386. The second-order valence-corrected chi connectivity index (χ2v) is 6.85. The van der Waals surface area contributed by atoms with Crippen LogP contribution in [0, 0.1) is 5.82 Å². The van der Waals surface area contributed by atoms with E-state index in [1.807, 2.05) is 26.0 Å². The molecular weight excluding hydrogens is 474 g/mol. The summed E-state index contributed by atoms with van der Waals surface area (Å²) < 4.78 is 19.2. The minimum absolute atomic E-state index is 0. The zero-order valence-corrected chi connectivity index (χ0v) is 18.9. The zero-order chi connectivity index (χ0) is 19.2. The van der Waals surface area contributed by atoms with E-state index in [-0.39, 0.29) is 35.7 Å². The Morgan fingerprint density at radius 1 is 1.25 bits per heavy atom. The van der Waals surface area contributed by atoms with Gasteiger partial charge in [0.2, 0.25) is 5.89 Å². The summed E-state index contributed by atoms with van der Waals surface area (Å²) in [6.07, 6.45) is 0.647. The van der Waals surface area contributed by atoms with Crippen molar-refractivity contribution in [3.8, 4) is 0 Å². The summed E-state index contributed by atoms with van der Waals surface area (Å²) in [6.45, 7) is 7.81. The number of benzene rings is 1. The first kappa shape index (κ1) is 22.4. The fraction of sp³-hybridized carbons (Fsp3) is 0.526. The summed E-state index contributed by atoms with van der Waals surface area (Å²) in [6, 6.07) is 6.92. The van der Waals surface area contributed by atoms with E-state index in [4.69, 9.17) is 4.52 Å². The molecule has 9 heteroatoms. The maximum Gasteiger partial charge on any atom is 0.228 e. The number of para-hydroxylation sites is 1. The van der Waals surface area contributed by atoms with Gasteiger partial charge in [-0.3, -0.25) is 4.99 Å². The largest absolute Gasteiger partial charge is 0.366 e. The molecule has 7 nitrogen and oxygen atoms in total. The van der Waals surface area contributed by atoms with Gasteiger partial charge in [-0.05, 0) is 12.1 Å². The summed E-state index contributed by atoms with van der Waals surface area (Å²) in [4.78, 5) is 13.0. The first-order valence-electron chi connectivity index (χ1n) is 9.36. The third-order valence-corrected chi connectivity index (χ3v) is 4.61. The minimum Gasteiger partial charge on any atom is -0.366 e. The second-order valence-electron chi connectivity index (χ2n) is 6.85. The molecule has 0 spiro atoms. The Bertz CT molecular complexity index is 773. The normalized spacial score (nSPS) is 15.0. The Labute approximate surface area is 182 Å². The van der Waals surface area contributed by atoms with E-state index >= 15 is 0 Å². The van der Waals surface area contributed by atoms with Crippen molar-refractivity contribution in [1.82, 2.24) is 20.4 Å². The molecule has 1 aliphatic rings. The molecule has 0 bridgehead atoms. The van der Waals surface area contributed by atoms with Crippen LogP contribution in [0.25, 0.3) is 0 Å². The molecule has 0 aliphatic carbocycles. The number of halogens is 2. The Morgan fingerprint density at radius 2 is 1.96 bits per heavy atom. The first-order chi connectivity index (χ1) is 13.1. The van der Waals surface area contributed by atoms with Gasteiger partial charge in [-0.25, -0.2) is 4.39 Å². The number of hydrogen-bond donors (Lipinski definition) is 1. The fourth-order valence-electron chi connectivity index (χ4n) is 3.08. The third kappa shape index (κ3) is 5.55. The molecule has 1 aliphatic heterocycles. The number of rotatable bonds is 5. The van der Waals surface area contributed by atoms with Crippen molar-refractivity contribution < 1.29 is 8.91 Å². The number of aliphatic imine (C=N–C) groups is 1. The van der Waals surface area contributed by atoms with Crippen molar-refractivity contribution in [2.75, 3.05) is 44.7 Å². The molecule has 28 heavy (non-hydrogen) atoms. The summed E-state index contributed by atoms with van der Waals surface area (Å²) in [5, 5.41) is 7.32. The number of anilines is 1. The van der Waals surface area contributed by atoms with Crippen LogP contribution in [0.1, 0.15) is 31.5 Å². The Kier molecular flexibility index (Phi) is 8.46. The molecule has 154 valence electrons. The van der Waals surface area contributed by atoms with Crippen molar-refractivity contribution >= 4 is 35.6 Å². The fourth-order valence-corrected chi connectivity index (χ4v) is 3.08. The number of piperazine rings is 1. The minimum atomic E-state index is -0.172. The van der Waals surface area contributed by atoms with Crippen LogP contribution >= 0.6 is 24.0 Å². The molecule has 1 aromatic heterocycles. The van der Waals surface area contributed by atoms with Crippen LogP contribution in [0.2, 0.25) is 0 Å². The van der Waals surface area contributed by atoms with Gasteiger partial charge >= 0.3 is 0 Å². The molecule has 0 amide bonds. The van der Waals surface area contributed by atoms with Crippen LogP contribution in [0.15, 0.2) is 33.8 Å². The molecule has 1 aromatic carbocycles. The van der Waals surface area contributed by atoms with Crippen LogP contribution in [-0.2, 0) is 6.42 Å². The molecule has 0 radical (unpaired) electrons. The standard InChI is InChI=1S/C19H27FN6O.HI/c1-14(2)18-23-17(27-24-18)8-9-22-19(21-3)26-12-10-25(11-13-26)16-7-5-4-6-15(16)20;/h4-7,14H,8-13H2,1-3H3,(H,21,22);1H.